The molecule has 3 rings (SSSR count). The van der Waals surface area contributed by atoms with Gasteiger partial charge in [0.25, 0.3) is 11.8 Å². The number of anilines is 2. The fourth-order valence-electron chi connectivity index (χ4n) is 2.42. The van der Waals surface area contributed by atoms with Crippen LogP contribution in [0.5, 0.6) is 0 Å². The molecule has 25 heavy (non-hydrogen) atoms. The first kappa shape index (κ1) is 16.8. The Bertz CT molecular complexity index is 902. The second kappa shape index (κ2) is 7.23. The van der Waals surface area contributed by atoms with Crippen molar-refractivity contribution in [2.24, 2.45) is 0 Å². The van der Waals surface area contributed by atoms with Crippen LogP contribution in [0.3, 0.4) is 0 Å². The minimum absolute atomic E-state index is 0.189. The molecule has 0 radical (unpaired) electrons. The fraction of sp³-hybridized carbons (Fsp3) is 0.111. The van der Waals surface area contributed by atoms with E-state index >= 15 is 0 Å². The maximum absolute atomic E-state index is 12.6. The number of nitrogens with zero attached hydrogens (tertiary/aromatic N) is 2. The van der Waals surface area contributed by atoms with Crippen LogP contribution in [0.25, 0.3) is 0 Å². The van der Waals surface area contributed by atoms with Gasteiger partial charge in [0, 0.05) is 18.1 Å². The molecule has 0 saturated heterocycles. The lowest BCUT2D eigenvalue weighted by atomic mass is 10.1. The summed E-state index contributed by atoms with van der Waals surface area (Å²) in [5.41, 5.74) is 3.49. The zero-order chi connectivity index (χ0) is 17.8. The van der Waals surface area contributed by atoms with Crippen LogP contribution >= 0.6 is 11.3 Å². The monoisotopic (exact) mass is 352 g/mol. The molecule has 7 heteroatoms. The molecule has 0 atom stereocenters. The number of hydrogen-bond donors (Lipinski definition) is 2. The number of aryl methyl sites for hydroxylation is 2. The van der Waals surface area contributed by atoms with Crippen molar-refractivity contribution >= 4 is 34.5 Å². The third-order valence-corrected chi connectivity index (χ3v) is 4.31. The Morgan fingerprint density at radius 1 is 1.00 bits per heavy atom. The Morgan fingerprint density at radius 2 is 1.76 bits per heavy atom. The van der Waals surface area contributed by atoms with E-state index in [1.165, 1.54) is 29.9 Å². The standard InChI is InChI=1S/C18H16N4O2S/c1-11-7-12(2)9-13(8-11)21-18(24)16-14(3-6-25-16)22-17(23)15-10-19-4-5-20-15/h3-10H,1-2H3,(H,21,24)(H,22,23). The molecule has 2 amide bonds. The van der Waals surface area contributed by atoms with Crippen LogP contribution in [0.4, 0.5) is 11.4 Å². The third kappa shape index (κ3) is 4.07. The highest BCUT2D eigenvalue weighted by Gasteiger charge is 2.17. The third-order valence-electron chi connectivity index (χ3n) is 3.40. The zero-order valence-corrected chi connectivity index (χ0v) is 14.6. The Balaban J connectivity index is 1.76. The van der Waals surface area contributed by atoms with Gasteiger partial charge in [0.1, 0.15) is 10.6 Å². The molecule has 0 fully saturated rings. The normalized spacial score (nSPS) is 10.3. The van der Waals surface area contributed by atoms with Crippen molar-refractivity contribution < 1.29 is 9.59 Å². The summed E-state index contributed by atoms with van der Waals surface area (Å²) < 4.78 is 0. The summed E-state index contributed by atoms with van der Waals surface area (Å²) in [4.78, 5) is 33.0. The fourth-order valence-corrected chi connectivity index (χ4v) is 3.17. The van der Waals surface area contributed by atoms with E-state index in [2.05, 4.69) is 20.6 Å². The second-order valence-corrected chi connectivity index (χ2v) is 6.45. The largest absolute Gasteiger partial charge is 0.321 e. The molecule has 2 aromatic heterocycles. The van der Waals surface area contributed by atoms with Crippen LogP contribution in [-0.2, 0) is 0 Å². The number of carbonyl (C=O) groups is 2. The van der Waals surface area contributed by atoms with Crippen LogP contribution in [0, 0.1) is 13.8 Å². The zero-order valence-electron chi connectivity index (χ0n) is 13.7. The van der Waals surface area contributed by atoms with E-state index in [0.717, 1.165) is 16.8 Å². The van der Waals surface area contributed by atoms with Crippen molar-refractivity contribution in [1.29, 1.82) is 0 Å². The Morgan fingerprint density at radius 3 is 2.44 bits per heavy atom. The van der Waals surface area contributed by atoms with Gasteiger partial charge in [0.05, 0.1) is 11.9 Å². The van der Waals surface area contributed by atoms with Crippen LogP contribution in [-0.4, -0.2) is 21.8 Å². The van der Waals surface area contributed by atoms with Gasteiger partial charge in [0.2, 0.25) is 0 Å². The predicted molar refractivity (Wildman–Crippen MR) is 98.2 cm³/mol. The molecule has 3 aromatic rings. The van der Waals surface area contributed by atoms with Gasteiger partial charge in [-0.2, -0.15) is 0 Å². The molecule has 0 aliphatic heterocycles. The summed E-state index contributed by atoms with van der Waals surface area (Å²) in [6.45, 7) is 3.95. The van der Waals surface area contributed by atoms with Gasteiger partial charge < -0.3 is 10.6 Å². The van der Waals surface area contributed by atoms with E-state index in [0.29, 0.717) is 10.6 Å². The summed E-state index contributed by atoms with van der Waals surface area (Å²) in [5.74, 6) is -0.679. The van der Waals surface area contributed by atoms with Crippen molar-refractivity contribution in [3.05, 3.63) is 69.9 Å². The van der Waals surface area contributed by atoms with E-state index < -0.39 is 5.91 Å². The smallest absolute Gasteiger partial charge is 0.275 e. The van der Waals surface area contributed by atoms with Crippen molar-refractivity contribution in [3.63, 3.8) is 0 Å². The highest BCUT2D eigenvalue weighted by Crippen LogP contribution is 2.24. The van der Waals surface area contributed by atoms with Gasteiger partial charge in [-0.1, -0.05) is 6.07 Å². The SMILES string of the molecule is Cc1cc(C)cc(NC(=O)c2sccc2NC(=O)c2cnccn2)c1. The molecular weight excluding hydrogens is 336 g/mol. The number of hydrogen-bond acceptors (Lipinski definition) is 5. The van der Waals surface area contributed by atoms with Gasteiger partial charge in [0.15, 0.2) is 0 Å². The molecular formula is C18H16N4O2S. The average molecular weight is 352 g/mol. The molecule has 0 aliphatic carbocycles. The van der Waals surface area contributed by atoms with Gasteiger partial charge in [-0.3, -0.25) is 14.6 Å². The maximum Gasteiger partial charge on any atom is 0.275 e. The van der Waals surface area contributed by atoms with Gasteiger partial charge in [-0.05, 0) is 48.6 Å². The summed E-state index contributed by atoms with van der Waals surface area (Å²) in [7, 11) is 0. The predicted octanol–water partition coefficient (Wildman–Crippen LogP) is 3.66. The molecule has 1 aromatic carbocycles. The topological polar surface area (TPSA) is 84.0 Å². The number of rotatable bonds is 4. The van der Waals surface area contributed by atoms with E-state index in [1.54, 1.807) is 11.4 Å². The number of carbonyl (C=O) groups excluding carboxylic acids is 2. The number of thiophene rings is 1. The highest BCUT2D eigenvalue weighted by molar-refractivity contribution is 7.12. The Labute approximate surface area is 149 Å². The lowest BCUT2D eigenvalue weighted by Crippen LogP contribution is -2.17. The number of amides is 2. The molecule has 0 unspecified atom stereocenters. The molecule has 0 saturated carbocycles. The van der Waals surface area contributed by atoms with Gasteiger partial charge in [-0.15, -0.1) is 11.3 Å². The lowest BCUT2D eigenvalue weighted by Gasteiger charge is -2.09. The molecule has 0 spiro atoms. The van der Waals surface area contributed by atoms with E-state index in [9.17, 15) is 9.59 Å². The molecule has 0 bridgehead atoms. The van der Waals surface area contributed by atoms with Crippen LogP contribution < -0.4 is 10.6 Å². The van der Waals surface area contributed by atoms with Gasteiger partial charge >= 0.3 is 0 Å². The van der Waals surface area contributed by atoms with Crippen molar-refractivity contribution in [1.82, 2.24) is 9.97 Å². The van der Waals surface area contributed by atoms with Crippen LogP contribution in [0.15, 0.2) is 48.2 Å². The number of benzene rings is 1. The molecule has 0 aliphatic rings. The van der Waals surface area contributed by atoms with Crippen molar-refractivity contribution in [2.75, 3.05) is 10.6 Å². The summed E-state index contributed by atoms with van der Waals surface area (Å²) >= 11 is 1.26. The lowest BCUT2D eigenvalue weighted by molar-refractivity contribution is 0.102. The van der Waals surface area contributed by atoms with Crippen molar-refractivity contribution in [2.45, 2.75) is 13.8 Å². The van der Waals surface area contributed by atoms with E-state index in [-0.39, 0.29) is 11.6 Å². The number of nitrogens with one attached hydrogen (secondary N) is 2. The minimum atomic E-state index is -0.410. The van der Waals surface area contributed by atoms with E-state index in [4.69, 9.17) is 0 Å². The first-order chi connectivity index (χ1) is 12.0. The minimum Gasteiger partial charge on any atom is -0.321 e. The Hall–Kier alpha value is -3.06. The first-order valence-electron chi connectivity index (χ1n) is 7.57. The number of aromatic nitrogens is 2. The molecule has 2 N–H and O–H groups in total. The molecule has 2 heterocycles. The van der Waals surface area contributed by atoms with E-state index in [1.807, 2.05) is 32.0 Å². The van der Waals surface area contributed by atoms with Crippen LogP contribution in [0.2, 0.25) is 0 Å². The summed E-state index contributed by atoms with van der Waals surface area (Å²) in [6.07, 6.45) is 4.30. The quantitative estimate of drug-likeness (QED) is 0.750. The van der Waals surface area contributed by atoms with Crippen molar-refractivity contribution in [3.8, 4) is 0 Å². The molecule has 126 valence electrons. The van der Waals surface area contributed by atoms with Gasteiger partial charge in [-0.25, -0.2) is 4.98 Å². The first-order valence-corrected chi connectivity index (χ1v) is 8.45. The van der Waals surface area contributed by atoms with Crippen LogP contribution in [0.1, 0.15) is 31.3 Å². The molecule has 6 nitrogen and oxygen atoms in total. The average Bonchev–Trinajstić information content (AvgIpc) is 3.03. The summed E-state index contributed by atoms with van der Waals surface area (Å²) in [6, 6.07) is 7.52. The maximum atomic E-state index is 12.6. The highest BCUT2D eigenvalue weighted by atomic mass is 32.1. The second-order valence-electron chi connectivity index (χ2n) is 5.54. The summed E-state index contributed by atoms with van der Waals surface area (Å²) in [5, 5.41) is 7.33. The Kier molecular flexibility index (Phi) is 4.85.